The van der Waals surface area contributed by atoms with E-state index in [4.69, 9.17) is 19.6 Å². The first-order valence-electron chi connectivity index (χ1n) is 10.2. The molecule has 2 aliphatic rings. The summed E-state index contributed by atoms with van der Waals surface area (Å²) in [5, 5.41) is 10.5. The number of para-hydroxylation sites is 1. The highest BCUT2D eigenvalue weighted by Crippen LogP contribution is 2.49. The fraction of sp³-hybridized carbons (Fsp3) is 0.154. The Bertz CT molecular complexity index is 1410. The van der Waals surface area contributed by atoms with Crippen LogP contribution in [0.4, 0.5) is 0 Å². The number of methoxy groups -OCH3 is 1. The molecule has 2 heterocycles. The van der Waals surface area contributed by atoms with Crippen LogP contribution in [0.1, 0.15) is 23.5 Å². The van der Waals surface area contributed by atoms with E-state index >= 15 is 0 Å². The van der Waals surface area contributed by atoms with E-state index in [-0.39, 0.29) is 17.0 Å². The molecule has 0 saturated heterocycles. The van der Waals surface area contributed by atoms with Gasteiger partial charge in [0, 0.05) is 7.11 Å². The predicted molar refractivity (Wildman–Crippen MR) is 121 cm³/mol. The van der Waals surface area contributed by atoms with Gasteiger partial charge in [-0.3, -0.25) is 0 Å². The maximum absolute atomic E-state index is 13.1. The minimum Gasteiger partial charge on any atom is -0.439 e. The SMILES string of the molecule is COC1(C2C(C#N)=C(N)Oc3c2c(=O)oc2ccccc32)C=CC(c2ccccc2)=CC1. The van der Waals surface area contributed by atoms with Crippen molar-refractivity contribution in [3.8, 4) is 11.8 Å². The van der Waals surface area contributed by atoms with Crippen LogP contribution in [0.2, 0.25) is 0 Å². The van der Waals surface area contributed by atoms with Gasteiger partial charge >= 0.3 is 5.63 Å². The quantitative estimate of drug-likeness (QED) is 0.626. The van der Waals surface area contributed by atoms with Gasteiger partial charge in [0.05, 0.1) is 16.9 Å². The summed E-state index contributed by atoms with van der Waals surface area (Å²) < 4.78 is 17.4. The zero-order valence-corrected chi connectivity index (χ0v) is 17.4. The third-order valence-electron chi connectivity index (χ3n) is 6.14. The molecule has 0 saturated carbocycles. The molecule has 1 aromatic heterocycles. The lowest BCUT2D eigenvalue weighted by Crippen LogP contribution is -2.43. The van der Waals surface area contributed by atoms with Crippen LogP contribution < -0.4 is 16.1 Å². The second-order valence-corrected chi connectivity index (χ2v) is 7.78. The fourth-order valence-electron chi connectivity index (χ4n) is 4.52. The Morgan fingerprint density at radius 2 is 1.91 bits per heavy atom. The van der Waals surface area contributed by atoms with Crippen LogP contribution in [0.25, 0.3) is 16.5 Å². The second kappa shape index (κ2) is 7.56. The lowest BCUT2D eigenvalue weighted by molar-refractivity contribution is 0.0166. The van der Waals surface area contributed by atoms with Gasteiger partial charge in [0.1, 0.15) is 22.8 Å². The van der Waals surface area contributed by atoms with E-state index in [1.165, 1.54) is 0 Å². The van der Waals surface area contributed by atoms with Crippen LogP contribution in [0, 0.1) is 11.3 Å². The van der Waals surface area contributed by atoms with Gasteiger partial charge in [0.25, 0.3) is 0 Å². The van der Waals surface area contributed by atoms with Gasteiger partial charge in [0.15, 0.2) is 5.75 Å². The van der Waals surface area contributed by atoms with Crippen molar-refractivity contribution in [1.29, 1.82) is 5.26 Å². The van der Waals surface area contributed by atoms with E-state index < -0.39 is 17.1 Å². The maximum atomic E-state index is 13.1. The summed E-state index contributed by atoms with van der Waals surface area (Å²) >= 11 is 0. The molecule has 2 unspecified atom stereocenters. The first kappa shape index (κ1) is 19.9. The van der Waals surface area contributed by atoms with E-state index in [1.54, 1.807) is 25.3 Å². The molecular weight excluding hydrogens is 404 g/mol. The van der Waals surface area contributed by atoms with E-state index in [0.29, 0.717) is 23.1 Å². The van der Waals surface area contributed by atoms with Crippen LogP contribution in [0.15, 0.2) is 93.5 Å². The smallest absolute Gasteiger partial charge is 0.344 e. The summed E-state index contributed by atoms with van der Waals surface area (Å²) in [5.41, 5.74) is 7.46. The maximum Gasteiger partial charge on any atom is 0.344 e. The summed E-state index contributed by atoms with van der Waals surface area (Å²) in [7, 11) is 1.56. The monoisotopic (exact) mass is 424 g/mol. The van der Waals surface area contributed by atoms with Gasteiger partial charge in [-0.05, 0) is 29.7 Å². The first-order valence-corrected chi connectivity index (χ1v) is 10.2. The zero-order valence-electron chi connectivity index (χ0n) is 17.4. The standard InChI is InChI=1S/C26H20N2O4/c1-30-26(13-11-17(12-14-26)16-7-3-2-4-8-16)22-19(15-27)24(28)32-23-18-9-5-6-10-20(18)31-25(29)21(22)23/h2-13,22H,14,28H2,1H3. The van der Waals surface area contributed by atoms with Gasteiger partial charge in [0.2, 0.25) is 5.88 Å². The molecule has 2 aromatic carbocycles. The number of allylic oxidation sites excluding steroid dienone is 2. The van der Waals surface area contributed by atoms with Gasteiger partial charge in [-0.15, -0.1) is 0 Å². The van der Waals surface area contributed by atoms with E-state index in [2.05, 4.69) is 6.07 Å². The second-order valence-electron chi connectivity index (χ2n) is 7.78. The molecule has 0 fully saturated rings. The Labute approximate surface area is 184 Å². The Hall–Kier alpha value is -4.08. The molecule has 32 heavy (non-hydrogen) atoms. The topological polar surface area (TPSA) is 98.5 Å². The number of hydrogen-bond acceptors (Lipinski definition) is 6. The summed E-state index contributed by atoms with van der Waals surface area (Å²) in [6.07, 6.45) is 6.32. The number of hydrogen-bond donors (Lipinski definition) is 1. The number of rotatable bonds is 3. The number of nitrogens with two attached hydrogens (primary N) is 1. The molecule has 3 aromatic rings. The number of ether oxygens (including phenoxy) is 2. The normalized spacial score (nSPS) is 22.1. The Balaban J connectivity index is 1.70. The summed E-state index contributed by atoms with van der Waals surface area (Å²) in [6.45, 7) is 0. The summed E-state index contributed by atoms with van der Waals surface area (Å²) in [5.74, 6) is -0.517. The number of nitrogens with zero attached hydrogens (tertiary/aromatic N) is 1. The lowest BCUT2D eigenvalue weighted by Gasteiger charge is -2.40. The molecular formula is C26H20N2O4. The van der Waals surface area contributed by atoms with Crippen molar-refractivity contribution < 1.29 is 13.9 Å². The molecule has 1 aliphatic carbocycles. The molecule has 0 radical (unpaired) electrons. The largest absolute Gasteiger partial charge is 0.439 e. The van der Waals surface area contributed by atoms with Crippen molar-refractivity contribution >= 4 is 16.5 Å². The number of benzene rings is 2. The highest BCUT2D eigenvalue weighted by Gasteiger charge is 2.48. The van der Waals surface area contributed by atoms with E-state index in [0.717, 1.165) is 11.1 Å². The van der Waals surface area contributed by atoms with Crippen molar-refractivity contribution in [2.45, 2.75) is 17.9 Å². The molecule has 0 amide bonds. The molecule has 158 valence electrons. The fourth-order valence-corrected chi connectivity index (χ4v) is 4.52. The Kier molecular flexibility index (Phi) is 4.69. The highest BCUT2D eigenvalue weighted by atomic mass is 16.5. The average molecular weight is 424 g/mol. The third kappa shape index (κ3) is 2.95. The van der Waals surface area contributed by atoms with Crippen LogP contribution in [-0.2, 0) is 4.74 Å². The molecule has 2 atom stereocenters. The minimum absolute atomic E-state index is 0.0385. The van der Waals surface area contributed by atoms with Crippen molar-refractivity contribution in [2.24, 2.45) is 5.73 Å². The van der Waals surface area contributed by atoms with Crippen LogP contribution in [0.3, 0.4) is 0 Å². The highest BCUT2D eigenvalue weighted by molar-refractivity contribution is 5.86. The molecule has 6 heteroatoms. The molecule has 2 N–H and O–H groups in total. The summed E-state index contributed by atoms with van der Waals surface area (Å²) in [4.78, 5) is 13.1. The van der Waals surface area contributed by atoms with Gasteiger partial charge in [-0.25, -0.2) is 4.79 Å². The zero-order chi connectivity index (χ0) is 22.3. The third-order valence-corrected chi connectivity index (χ3v) is 6.14. The van der Waals surface area contributed by atoms with Crippen LogP contribution in [0.5, 0.6) is 5.75 Å². The van der Waals surface area contributed by atoms with Crippen molar-refractivity contribution in [2.75, 3.05) is 7.11 Å². The van der Waals surface area contributed by atoms with E-state index in [1.807, 2.05) is 54.6 Å². The Morgan fingerprint density at radius 3 is 2.59 bits per heavy atom. The van der Waals surface area contributed by atoms with Crippen molar-refractivity contribution in [3.05, 3.63) is 106 Å². The minimum atomic E-state index is -1.01. The predicted octanol–water partition coefficient (Wildman–Crippen LogP) is 4.39. The van der Waals surface area contributed by atoms with Crippen molar-refractivity contribution in [3.63, 3.8) is 0 Å². The van der Waals surface area contributed by atoms with Crippen LogP contribution >= 0.6 is 0 Å². The average Bonchev–Trinajstić information content (AvgIpc) is 2.84. The molecule has 6 nitrogen and oxygen atoms in total. The van der Waals surface area contributed by atoms with E-state index in [9.17, 15) is 10.1 Å². The lowest BCUT2D eigenvalue weighted by atomic mass is 9.72. The van der Waals surface area contributed by atoms with Crippen molar-refractivity contribution in [1.82, 2.24) is 0 Å². The van der Waals surface area contributed by atoms with Gasteiger partial charge in [-0.2, -0.15) is 5.26 Å². The van der Waals surface area contributed by atoms with Gasteiger partial charge in [-0.1, -0.05) is 60.7 Å². The molecule has 0 spiro atoms. The molecule has 5 rings (SSSR count). The van der Waals surface area contributed by atoms with Gasteiger partial charge < -0.3 is 19.6 Å². The van der Waals surface area contributed by atoms with Crippen LogP contribution in [-0.4, -0.2) is 12.7 Å². The number of fused-ring (bicyclic) bond motifs is 3. The Morgan fingerprint density at radius 1 is 1.16 bits per heavy atom. The molecule has 0 bridgehead atoms. The first-order chi connectivity index (χ1) is 15.6. The number of nitriles is 1. The molecule has 1 aliphatic heterocycles. The summed E-state index contributed by atoms with van der Waals surface area (Å²) in [6, 6.07) is 19.2.